The Hall–Kier alpha value is -0.610. The van der Waals surface area contributed by atoms with Crippen molar-refractivity contribution in [1.29, 1.82) is 0 Å². The fourth-order valence-electron chi connectivity index (χ4n) is 1.27. The summed E-state index contributed by atoms with van der Waals surface area (Å²) in [5, 5.41) is 3.62. The van der Waals surface area contributed by atoms with Crippen LogP contribution in [0.2, 0.25) is 5.02 Å². The second-order valence-electron chi connectivity index (χ2n) is 3.99. The van der Waals surface area contributed by atoms with E-state index in [-0.39, 0.29) is 22.5 Å². The molecule has 0 aliphatic carbocycles. The van der Waals surface area contributed by atoms with E-state index in [1.165, 1.54) is 18.2 Å². The van der Waals surface area contributed by atoms with Crippen molar-refractivity contribution in [2.24, 2.45) is 5.92 Å². The minimum absolute atomic E-state index is 0.0578. The molecule has 2 unspecified atom stereocenters. The lowest BCUT2D eigenvalue weighted by Crippen LogP contribution is -2.38. The number of amides is 1. The molecule has 17 heavy (non-hydrogen) atoms. The molecular formula is C12H14BrClFNO. The van der Waals surface area contributed by atoms with Gasteiger partial charge in [-0.05, 0) is 25.0 Å². The van der Waals surface area contributed by atoms with Crippen LogP contribution in [-0.4, -0.2) is 17.3 Å². The van der Waals surface area contributed by atoms with Gasteiger partial charge in [-0.25, -0.2) is 4.39 Å². The number of hydrogen-bond donors (Lipinski definition) is 1. The highest BCUT2D eigenvalue weighted by molar-refractivity contribution is 9.09. The average molecular weight is 323 g/mol. The molecule has 0 aromatic heterocycles. The third kappa shape index (κ3) is 3.68. The standard InChI is InChI=1S/C12H14BrClFNO/c1-7(6-13)8(2)16-12(17)11-9(14)4-3-5-10(11)15/h3-5,7-8H,6H2,1-2H3,(H,16,17). The third-order valence-corrected chi connectivity index (χ3v) is 3.98. The van der Waals surface area contributed by atoms with Gasteiger partial charge in [0.2, 0.25) is 0 Å². The highest BCUT2D eigenvalue weighted by Crippen LogP contribution is 2.19. The highest BCUT2D eigenvalue weighted by atomic mass is 79.9. The molecular weight excluding hydrogens is 308 g/mol. The smallest absolute Gasteiger partial charge is 0.255 e. The molecule has 2 nitrogen and oxygen atoms in total. The van der Waals surface area contributed by atoms with Crippen molar-refractivity contribution in [3.8, 4) is 0 Å². The molecule has 5 heteroatoms. The summed E-state index contributed by atoms with van der Waals surface area (Å²) in [5.41, 5.74) is -0.0946. The van der Waals surface area contributed by atoms with Crippen LogP contribution >= 0.6 is 27.5 Å². The minimum atomic E-state index is -0.603. The van der Waals surface area contributed by atoms with E-state index < -0.39 is 11.7 Å². The quantitative estimate of drug-likeness (QED) is 0.843. The summed E-state index contributed by atoms with van der Waals surface area (Å²) in [4.78, 5) is 11.9. The Labute approximate surface area is 114 Å². The summed E-state index contributed by atoms with van der Waals surface area (Å²) < 4.78 is 13.5. The molecule has 94 valence electrons. The zero-order valence-electron chi connectivity index (χ0n) is 9.64. The maximum absolute atomic E-state index is 13.5. The molecule has 0 spiro atoms. The number of carbonyl (C=O) groups excluding carboxylic acids is 1. The van der Waals surface area contributed by atoms with Gasteiger partial charge in [-0.2, -0.15) is 0 Å². The number of carbonyl (C=O) groups is 1. The van der Waals surface area contributed by atoms with Crippen molar-refractivity contribution in [2.75, 3.05) is 5.33 Å². The van der Waals surface area contributed by atoms with E-state index in [0.717, 1.165) is 5.33 Å². The first kappa shape index (κ1) is 14.5. The van der Waals surface area contributed by atoms with Crippen LogP contribution in [0.3, 0.4) is 0 Å². The Balaban J connectivity index is 2.84. The molecule has 0 saturated heterocycles. The Kier molecular flexibility index (Phi) is 5.40. The molecule has 0 bridgehead atoms. The number of benzene rings is 1. The number of halogens is 3. The van der Waals surface area contributed by atoms with Crippen LogP contribution in [0.1, 0.15) is 24.2 Å². The van der Waals surface area contributed by atoms with Crippen LogP contribution in [0, 0.1) is 11.7 Å². The van der Waals surface area contributed by atoms with Crippen LogP contribution in [0.4, 0.5) is 4.39 Å². The molecule has 2 atom stereocenters. The fraction of sp³-hybridized carbons (Fsp3) is 0.417. The van der Waals surface area contributed by atoms with Crippen molar-refractivity contribution in [3.63, 3.8) is 0 Å². The van der Waals surface area contributed by atoms with Gasteiger partial charge in [-0.3, -0.25) is 4.79 Å². The minimum Gasteiger partial charge on any atom is -0.349 e. The second-order valence-corrected chi connectivity index (χ2v) is 5.05. The molecule has 1 rings (SSSR count). The first-order valence-electron chi connectivity index (χ1n) is 5.28. The molecule has 0 aliphatic heterocycles. The highest BCUT2D eigenvalue weighted by Gasteiger charge is 2.19. The largest absolute Gasteiger partial charge is 0.349 e. The van der Waals surface area contributed by atoms with Crippen LogP contribution in [-0.2, 0) is 0 Å². The maximum atomic E-state index is 13.5. The normalized spacial score (nSPS) is 14.2. The van der Waals surface area contributed by atoms with Crippen molar-refractivity contribution in [2.45, 2.75) is 19.9 Å². The van der Waals surface area contributed by atoms with Gasteiger partial charge in [0.05, 0.1) is 10.6 Å². The summed E-state index contributed by atoms with van der Waals surface area (Å²) in [7, 11) is 0. The van der Waals surface area contributed by atoms with Crippen molar-refractivity contribution in [3.05, 3.63) is 34.6 Å². The van der Waals surface area contributed by atoms with Crippen molar-refractivity contribution in [1.82, 2.24) is 5.32 Å². The molecule has 0 aliphatic rings. The van der Waals surface area contributed by atoms with Crippen LogP contribution < -0.4 is 5.32 Å². The molecule has 0 fully saturated rings. The van der Waals surface area contributed by atoms with Crippen molar-refractivity contribution < 1.29 is 9.18 Å². The zero-order chi connectivity index (χ0) is 13.0. The third-order valence-electron chi connectivity index (χ3n) is 2.65. The van der Waals surface area contributed by atoms with Crippen LogP contribution in [0.25, 0.3) is 0 Å². The fourth-order valence-corrected chi connectivity index (χ4v) is 2.08. The summed E-state index contributed by atoms with van der Waals surface area (Å²) >= 11 is 9.15. The predicted molar refractivity (Wildman–Crippen MR) is 71.3 cm³/mol. The lowest BCUT2D eigenvalue weighted by molar-refractivity contribution is 0.0927. The summed E-state index contributed by atoms with van der Waals surface area (Å²) in [5.74, 6) is -0.827. The molecule has 0 radical (unpaired) electrons. The van der Waals surface area contributed by atoms with Gasteiger partial charge >= 0.3 is 0 Å². The van der Waals surface area contributed by atoms with E-state index in [4.69, 9.17) is 11.6 Å². The predicted octanol–water partition coefficient (Wildman–Crippen LogP) is 3.63. The Morgan fingerprint density at radius 3 is 2.71 bits per heavy atom. The number of nitrogens with one attached hydrogen (secondary N) is 1. The molecule has 0 heterocycles. The molecule has 1 aromatic carbocycles. The lowest BCUT2D eigenvalue weighted by Gasteiger charge is -2.19. The van der Waals surface area contributed by atoms with Gasteiger partial charge in [0.1, 0.15) is 5.82 Å². The lowest BCUT2D eigenvalue weighted by atomic mass is 10.1. The molecule has 0 saturated carbocycles. The number of alkyl halides is 1. The van der Waals surface area contributed by atoms with E-state index in [1.54, 1.807) is 0 Å². The maximum Gasteiger partial charge on any atom is 0.255 e. The molecule has 1 N–H and O–H groups in total. The summed E-state index contributed by atoms with van der Waals surface area (Å²) in [6, 6.07) is 4.13. The van der Waals surface area contributed by atoms with E-state index in [1.807, 2.05) is 13.8 Å². The Bertz CT molecular complexity index is 393. The topological polar surface area (TPSA) is 29.1 Å². The van der Waals surface area contributed by atoms with E-state index in [0.29, 0.717) is 0 Å². The van der Waals surface area contributed by atoms with Gasteiger partial charge < -0.3 is 5.32 Å². The van der Waals surface area contributed by atoms with Gasteiger partial charge in [0.25, 0.3) is 5.91 Å². The Morgan fingerprint density at radius 2 is 2.18 bits per heavy atom. The van der Waals surface area contributed by atoms with E-state index >= 15 is 0 Å². The first-order valence-corrected chi connectivity index (χ1v) is 6.78. The monoisotopic (exact) mass is 321 g/mol. The van der Waals surface area contributed by atoms with Gasteiger partial charge in [0, 0.05) is 11.4 Å². The van der Waals surface area contributed by atoms with E-state index in [2.05, 4.69) is 21.2 Å². The first-order chi connectivity index (χ1) is 7.97. The van der Waals surface area contributed by atoms with E-state index in [9.17, 15) is 9.18 Å². The Morgan fingerprint density at radius 1 is 1.53 bits per heavy atom. The van der Waals surface area contributed by atoms with Crippen LogP contribution in [0.5, 0.6) is 0 Å². The van der Waals surface area contributed by atoms with Gasteiger partial charge in [0.15, 0.2) is 0 Å². The summed E-state index contributed by atoms with van der Waals surface area (Å²) in [6.45, 7) is 3.86. The van der Waals surface area contributed by atoms with Crippen LogP contribution in [0.15, 0.2) is 18.2 Å². The molecule has 1 amide bonds. The SMILES string of the molecule is CC(CBr)C(C)NC(=O)c1c(F)cccc1Cl. The number of rotatable bonds is 4. The molecule has 1 aromatic rings. The average Bonchev–Trinajstić information content (AvgIpc) is 2.27. The van der Waals surface area contributed by atoms with Gasteiger partial charge in [-0.15, -0.1) is 0 Å². The van der Waals surface area contributed by atoms with Gasteiger partial charge in [-0.1, -0.05) is 40.5 Å². The zero-order valence-corrected chi connectivity index (χ0v) is 12.0. The van der Waals surface area contributed by atoms with Crippen molar-refractivity contribution >= 4 is 33.4 Å². The number of hydrogen-bond acceptors (Lipinski definition) is 1. The summed E-state index contributed by atoms with van der Waals surface area (Å²) in [6.07, 6.45) is 0. The second kappa shape index (κ2) is 6.36.